The van der Waals surface area contributed by atoms with Crippen molar-refractivity contribution in [3.8, 4) is 11.5 Å². The zero-order valence-corrected chi connectivity index (χ0v) is 13.9. The Hall–Kier alpha value is -0.970. The molecule has 0 unspecified atom stereocenters. The largest absolute Gasteiger partial charge is 0.493 e. The first kappa shape index (κ1) is 16.4. The first-order valence-corrected chi connectivity index (χ1v) is 7.60. The summed E-state index contributed by atoms with van der Waals surface area (Å²) in [6.07, 6.45) is 0.787. The van der Waals surface area contributed by atoms with E-state index in [1.165, 1.54) is 0 Å². The van der Waals surface area contributed by atoms with Crippen LogP contribution in [0.25, 0.3) is 0 Å². The maximum absolute atomic E-state index is 10.2. The molecule has 0 saturated carbocycles. The quantitative estimate of drug-likeness (QED) is 0.928. The van der Waals surface area contributed by atoms with Gasteiger partial charge in [0.2, 0.25) is 0 Å². The standard InChI is InChI=1S/C16H24ClNO3/c1-11-9-18(6-5-16(11,2)19)10-12-7-13(17)15(21-4)14(8-12)20-3/h7-8,11,19H,5-6,9-10H2,1-4H3/t11-,16+/m1/s1. The van der Waals surface area contributed by atoms with Crippen molar-refractivity contribution in [1.29, 1.82) is 0 Å². The van der Waals surface area contributed by atoms with E-state index in [-0.39, 0.29) is 5.92 Å². The van der Waals surface area contributed by atoms with E-state index >= 15 is 0 Å². The third kappa shape index (κ3) is 3.62. The van der Waals surface area contributed by atoms with Crippen LogP contribution in [0, 0.1) is 5.92 Å². The molecule has 1 aromatic carbocycles. The highest BCUT2D eigenvalue weighted by Gasteiger charge is 2.34. The van der Waals surface area contributed by atoms with Gasteiger partial charge in [0, 0.05) is 19.6 Å². The molecule has 5 heteroatoms. The van der Waals surface area contributed by atoms with E-state index < -0.39 is 5.60 Å². The summed E-state index contributed by atoms with van der Waals surface area (Å²) >= 11 is 6.24. The first-order valence-electron chi connectivity index (χ1n) is 7.22. The van der Waals surface area contributed by atoms with Gasteiger partial charge in [0.1, 0.15) is 0 Å². The molecule has 0 spiro atoms. The number of benzene rings is 1. The van der Waals surface area contributed by atoms with Crippen molar-refractivity contribution in [3.63, 3.8) is 0 Å². The zero-order chi connectivity index (χ0) is 15.6. The minimum atomic E-state index is -0.564. The van der Waals surface area contributed by atoms with E-state index in [1.54, 1.807) is 14.2 Å². The van der Waals surface area contributed by atoms with Gasteiger partial charge < -0.3 is 14.6 Å². The van der Waals surface area contributed by atoms with Crippen molar-refractivity contribution in [1.82, 2.24) is 4.90 Å². The van der Waals surface area contributed by atoms with Crippen LogP contribution in [0.4, 0.5) is 0 Å². The van der Waals surface area contributed by atoms with Gasteiger partial charge in [-0.15, -0.1) is 0 Å². The summed E-state index contributed by atoms with van der Waals surface area (Å²) in [7, 11) is 3.19. The lowest BCUT2D eigenvalue weighted by Crippen LogP contribution is -2.48. The topological polar surface area (TPSA) is 41.9 Å². The summed E-state index contributed by atoms with van der Waals surface area (Å²) in [4.78, 5) is 2.33. The fourth-order valence-electron chi connectivity index (χ4n) is 2.77. The number of halogens is 1. The molecule has 0 aliphatic carbocycles. The molecule has 1 saturated heterocycles. The molecule has 4 nitrogen and oxygen atoms in total. The fraction of sp³-hybridized carbons (Fsp3) is 0.625. The molecule has 1 aliphatic rings. The number of ether oxygens (including phenoxy) is 2. The van der Waals surface area contributed by atoms with Crippen molar-refractivity contribution in [2.45, 2.75) is 32.4 Å². The van der Waals surface area contributed by atoms with Crippen LogP contribution in [0.5, 0.6) is 11.5 Å². The lowest BCUT2D eigenvalue weighted by Gasteiger charge is -2.41. The van der Waals surface area contributed by atoms with Gasteiger partial charge in [-0.25, -0.2) is 0 Å². The summed E-state index contributed by atoms with van der Waals surface area (Å²) in [5.74, 6) is 1.47. The molecule has 2 atom stereocenters. The molecule has 0 bridgehead atoms. The Morgan fingerprint density at radius 1 is 1.38 bits per heavy atom. The van der Waals surface area contributed by atoms with Crippen molar-refractivity contribution < 1.29 is 14.6 Å². The second-order valence-electron chi connectivity index (χ2n) is 6.06. The predicted octanol–water partition coefficient (Wildman–Crippen LogP) is 2.95. The Labute approximate surface area is 131 Å². The van der Waals surface area contributed by atoms with Crippen molar-refractivity contribution >= 4 is 11.6 Å². The molecule has 1 N–H and O–H groups in total. The Kier molecular flexibility index (Phi) is 5.02. The van der Waals surface area contributed by atoms with Gasteiger partial charge >= 0.3 is 0 Å². The second-order valence-corrected chi connectivity index (χ2v) is 6.46. The Morgan fingerprint density at radius 2 is 2.10 bits per heavy atom. The van der Waals surface area contributed by atoms with E-state index in [1.807, 2.05) is 19.1 Å². The monoisotopic (exact) mass is 313 g/mol. The number of hydrogen-bond acceptors (Lipinski definition) is 4. The summed E-state index contributed by atoms with van der Waals surface area (Å²) in [6.45, 7) is 6.55. The molecule has 21 heavy (non-hydrogen) atoms. The molecule has 1 fully saturated rings. The minimum Gasteiger partial charge on any atom is -0.493 e. The molecular formula is C16H24ClNO3. The van der Waals surface area contributed by atoms with Gasteiger partial charge in [-0.05, 0) is 37.0 Å². The lowest BCUT2D eigenvalue weighted by atomic mass is 9.84. The number of hydrogen-bond donors (Lipinski definition) is 1. The normalized spacial score (nSPS) is 26.7. The van der Waals surface area contributed by atoms with Gasteiger partial charge in [-0.1, -0.05) is 18.5 Å². The van der Waals surface area contributed by atoms with Gasteiger partial charge in [-0.3, -0.25) is 4.90 Å². The van der Waals surface area contributed by atoms with Crippen LogP contribution in [-0.2, 0) is 6.54 Å². The van der Waals surface area contributed by atoms with Gasteiger partial charge in [-0.2, -0.15) is 0 Å². The molecule has 1 heterocycles. The molecule has 2 rings (SSSR count). The van der Waals surface area contributed by atoms with Crippen molar-refractivity contribution in [2.24, 2.45) is 5.92 Å². The Morgan fingerprint density at radius 3 is 2.67 bits per heavy atom. The number of likely N-dealkylation sites (tertiary alicyclic amines) is 1. The SMILES string of the molecule is COc1cc(CN2CC[C@](C)(O)[C@H](C)C2)cc(Cl)c1OC. The first-order chi connectivity index (χ1) is 9.87. The van der Waals surface area contributed by atoms with Crippen molar-refractivity contribution in [2.75, 3.05) is 27.3 Å². The van der Waals surface area contributed by atoms with Crippen LogP contribution in [0.2, 0.25) is 5.02 Å². The smallest absolute Gasteiger partial charge is 0.179 e. The summed E-state index contributed by atoms with van der Waals surface area (Å²) in [6, 6.07) is 3.88. The molecular weight excluding hydrogens is 290 g/mol. The van der Waals surface area contributed by atoms with Gasteiger partial charge in [0.15, 0.2) is 11.5 Å². The highest BCUT2D eigenvalue weighted by atomic mass is 35.5. The molecule has 0 amide bonds. The maximum atomic E-state index is 10.2. The molecule has 1 aromatic rings. The minimum absolute atomic E-state index is 0.252. The molecule has 0 radical (unpaired) electrons. The lowest BCUT2D eigenvalue weighted by molar-refractivity contribution is -0.0524. The molecule has 118 valence electrons. The van der Waals surface area contributed by atoms with Gasteiger partial charge in [0.05, 0.1) is 24.8 Å². The third-order valence-electron chi connectivity index (χ3n) is 4.43. The zero-order valence-electron chi connectivity index (χ0n) is 13.1. The van der Waals surface area contributed by atoms with Crippen LogP contribution in [0.1, 0.15) is 25.8 Å². The predicted molar refractivity (Wildman–Crippen MR) is 84.2 cm³/mol. The third-order valence-corrected chi connectivity index (χ3v) is 4.71. The van der Waals surface area contributed by atoms with Crippen LogP contribution in [0.3, 0.4) is 0 Å². The number of nitrogens with zero attached hydrogens (tertiary/aromatic N) is 1. The van der Waals surface area contributed by atoms with E-state index in [0.29, 0.717) is 16.5 Å². The van der Waals surface area contributed by atoms with Crippen LogP contribution >= 0.6 is 11.6 Å². The second kappa shape index (κ2) is 6.42. The molecule has 1 aliphatic heterocycles. The summed E-state index contributed by atoms with van der Waals surface area (Å²) < 4.78 is 10.6. The van der Waals surface area contributed by atoms with Crippen LogP contribution < -0.4 is 9.47 Å². The van der Waals surface area contributed by atoms with Crippen LogP contribution in [0.15, 0.2) is 12.1 Å². The average Bonchev–Trinajstić information content (AvgIpc) is 2.42. The van der Waals surface area contributed by atoms with Gasteiger partial charge in [0.25, 0.3) is 0 Å². The van der Waals surface area contributed by atoms with E-state index in [2.05, 4.69) is 11.8 Å². The molecule has 0 aromatic heterocycles. The van der Waals surface area contributed by atoms with E-state index in [4.69, 9.17) is 21.1 Å². The van der Waals surface area contributed by atoms with Crippen LogP contribution in [-0.4, -0.2) is 42.9 Å². The van der Waals surface area contributed by atoms with E-state index in [9.17, 15) is 5.11 Å². The average molecular weight is 314 g/mol. The highest BCUT2D eigenvalue weighted by molar-refractivity contribution is 6.32. The Bertz CT molecular complexity index is 505. The highest BCUT2D eigenvalue weighted by Crippen LogP contribution is 2.37. The van der Waals surface area contributed by atoms with E-state index in [0.717, 1.165) is 31.6 Å². The summed E-state index contributed by atoms with van der Waals surface area (Å²) in [5, 5.41) is 10.8. The fourth-order valence-corrected chi connectivity index (χ4v) is 3.08. The summed E-state index contributed by atoms with van der Waals surface area (Å²) in [5.41, 5.74) is 0.526. The maximum Gasteiger partial charge on any atom is 0.179 e. The number of aliphatic hydroxyl groups is 1. The number of piperidine rings is 1. The van der Waals surface area contributed by atoms with Crippen molar-refractivity contribution in [3.05, 3.63) is 22.7 Å². The Balaban J connectivity index is 2.12. The number of rotatable bonds is 4. The number of methoxy groups -OCH3 is 2.